The minimum Gasteiger partial charge on any atom is -0.325 e. The van der Waals surface area contributed by atoms with Crippen LogP contribution in [0.15, 0.2) is 12.2 Å². The van der Waals surface area contributed by atoms with Crippen LogP contribution in [-0.4, -0.2) is 6.04 Å². The summed E-state index contributed by atoms with van der Waals surface area (Å²) in [6.45, 7) is 3.91. The molecule has 1 nitrogen and oxygen atoms in total. The SMILES string of the molecule is C/C=C/[C@H](C)N. The fourth-order valence-electron chi connectivity index (χ4n) is 0.304. The van der Waals surface area contributed by atoms with Gasteiger partial charge in [-0.05, 0) is 13.8 Å². The Morgan fingerprint density at radius 2 is 2.17 bits per heavy atom. The van der Waals surface area contributed by atoms with Crippen molar-refractivity contribution in [2.24, 2.45) is 5.73 Å². The second kappa shape index (κ2) is 2.91. The monoisotopic (exact) mass is 85.1 g/mol. The molecule has 0 saturated carbocycles. The van der Waals surface area contributed by atoms with Crippen molar-refractivity contribution in [3.8, 4) is 0 Å². The van der Waals surface area contributed by atoms with Gasteiger partial charge in [-0.3, -0.25) is 0 Å². The van der Waals surface area contributed by atoms with Crippen LogP contribution in [0.25, 0.3) is 0 Å². The Hall–Kier alpha value is -0.300. The van der Waals surface area contributed by atoms with Crippen molar-refractivity contribution in [3.63, 3.8) is 0 Å². The third kappa shape index (κ3) is 3.70. The van der Waals surface area contributed by atoms with Crippen molar-refractivity contribution >= 4 is 0 Å². The van der Waals surface area contributed by atoms with Gasteiger partial charge in [0.2, 0.25) is 0 Å². The highest BCUT2D eigenvalue weighted by molar-refractivity contribution is 4.84. The van der Waals surface area contributed by atoms with Crippen molar-refractivity contribution in [1.29, 1.82) is 0 Å². The molecule has 1 heteroatoms. The maximum atomic E-state index is 5.32. The molecule has 0 amide bonds. The van der Waals surface area contributed by atoms with E-state index >= 15 is 0 Å². The van der Waals surface area contributed by atoms with Gasteiger partial charge < -0.3 is 5.73 Å². The van der Waals surface area contributed by atoms with Crippen LogP contribution < -0.4 is 5.73 Å². The zero-order valence-corrected chi connectivity index (χ0v) is 4.31. The number of nitrogens with two attached hydrogens (primary N) is 1. The Labute approximate surface area is 38.8 Å². The summed E-state index contributed by atoms with van der Waals surface area (Å²) in [5.41, 5.74) is 5.32. The zero-order chi connectivity index (χ0) is 4.99. The topological polar surface area (TPSA) is 26.0 Å². The Bertz CT molecular complexity index is 45.9. The lowest BCUT2D eigenvalue weighted by Crippen LogP contribution is -2.09. The second-order valence-electron chi connectivity index (χ2n) is 1.38. The number of hydrogen-bond acceptors (Lipinski definition) is 1. The zero-order valence-electron chi connectivity index (χ0n) is 4.31. The fourth-order valence-corrected chi connectivity index (χ4v) is 0.304. The average molecular weight is 85.2 g/mol. The molecule has 0 unspecified atom stereocenters. The van der Waals surface area contributed by atoms with Crippen molar-refractivity contribution < 1.29 is 0 Å². The Morgan fingerprint density at radius 3 is 2.17 bits per heavy atom. The lowest BCUT2D eigenvalue weighted by molar-refractivity contribution is 0.924. The molecular formula is C5H11N. The van der Waals surface area contributed by atoms with Gasteiger partial charge in [0.05, 0.1) is 0 Å². The lowest BCUT2D eigenvalue weighted by atomic mass is 10.3. The first-order chi connectivity index (χ1) is 2.77. The van der Waals surface area contributed by atoms with E-state index in [2.05, 4.69) is 0 Å². The second-order valence-corrected chi connectivity index (χ2v) is 1.38. The molecule has 0 aromatic rings. The third-order valence-electron chi connectivity index (χ3n) is 0.496. The van der Waals surface area contributed by atoms with Crippen LogP contribution in [0.2, 0.25) is 0 Å². The third-order valence-corrected chi connectivity index (χ3v) is 0.496. The summed E-state index contributed by atoms with van der Waals surface area (Å²) < 4.78 is 0. The average Bonchev–Trinajstić information content (AvgIpc) is 1.35. The molecule has 0 fully saturated rings. The van der Waals surface area contributed by atoms with E-state index in [1.54, 1.807) is 0 Å². The van der Waals surface area contributed by atoms with Crippen LogP contribution in [0.3, 0.4) is 0 Å². The molecule has 0 aromatic carbocycles. The molecule has 0 aliphatic carbocycles. The van der Waals surface area contributed by atoms with Gasteiger partial charge in [-0.1, -0.05) is 12.2 Å². The van der Waals surface area contributed by atoms with Crippen molar-refractivity contribution in [1.82, 2.24) is 0 Å². The van der Waals surface area contributed by atoms with Gasteiger partial charge in [-0.15, -0.1) is 0 Å². The summed E-state index contributed by atoms with van der Waals surface area (Å²) in [5, 5.41) is 0. The van der Waals surface area contributed by atoms with E-state index in [0.717, 1.165) is 0 Å². The van der Waals surface area contributed by atoms with Crippen molar-refractivity contribution in [2.75, 3.05) is 0 Å². The van der Waals surface area contributed by atoms with E-state index in [1.807, 2.05) is 26.0 Å². The molecule has 0 saturated heterocycles. The molecule has 0 rings (SSSR count). The maximum Gasteiger partial charge on any atom is 0.0194 e. The molecule has 0 aromatic heterocycles. The highest BCUT2D eigenvalue weighted by Gasteiger charge is 1.75. The van der Waals surface area contributed by atoms with E-state index in [4.69, 9.17) is 5.73 Å². The highest BCUT2D eigenvalue weighted by atomic mass is 14.6. The van der Waals surface area contributed by atoms with Crippen LogP contribution in [0.4, 0.5) is 0 Å². The summed E-state index contributed by atoms with van der Waals surface area (Å²) in [6.07, 6.45) is 3.89. The summed E-state index contributed by atoms with van der Waals surface area (Å²) in [5.74, 6) is 0. The van der Waals surface area contributed by atoms with E-state index in [0.29, 0.717) is 0 Å². The number of allylic oxidation sites excluding steroid dienone is 1. The minimum absolute atomic E-state index is 0.218. The van der Waals surface area contributed by atoms with Gasteiger partial charge in [0.25, 0.3) is 0 Å². The normalized spacial score (nSPS) is 15.8. The minimum atomic E-state index is 0.218. The Kier molecular flexibility index (Phi) is 2.77. The number of hydrogen-bond donors (Lipinski definition) is 1. The first-order valence-electron chi connectivity index (χ1n) is 2.15. The van der Waals surface area contributed by atoms with Gasteiger partial charge in [-0.25, -0.2) is 0 Å². The summed E-state index contributed by atoms with van der Waals surface area (Å²) in [7, 11) is 0. The van der Waals surface area contributed by atoms with Crippen LogP contribution in [0, 0.1) is 0 Å². The van der Waals surface area contributed by atoms with Crippen LogP contribution in [-0.2, 0) is 0 Å². The van der Waals surface area contributed by atoms with E-state index < -0.39 is 0 Å². The molecular weight excluding hydrogens is 74.1 g/mol. The smallest absolute Gasteiger partial charge is 0.0194 e. The van der Waals surface area contributed by atoms with Crippen LogP contribution in [0.5, 0.6) is 0 Å². The molecule has 0 radical (unpaired) electrons. The molecule has 1 atom stereocenters. The first-order valence-corrected chi connectivity index (χ1v) is 2.15. The maximum absolute atomic E-state index is 5.32. The largest absolute Gasteiger partial charge is 0.325 e. The Balaban J connectivity index is 3.03. The molecule has 0 bridgehead atoms. The molecule has 0 aliphatic heterocycles. The molecule has 0 spiro atoms. The molecule has 0 aliphatic rings. The quantitative estimate of drug-likeness (QED) is 0.470. The standard InChI is InChI=1S/C5H11N/c1-3-4-5(2)6/h3-5H,6H2,1-2H3/b4-3+/t5-/m0/s1. The lowest BCUT2D eigenvalue weighted by Gasteiger charge is -1.88. The summed E-state index contributed by atoms with van der Waals surface area (Å²) >= 11 is 0. The first kappa shape index (κ1) is 5.70. The fraction of sp³-hybridized carbons (Fsp3) is 0.600. The number of rotatable bonds is 1. The van der Waals surface area contributed by atoms with Crippen molar-refractivity contribution in [3.05, 3.63) is 12.2 Å². The Morgan fingerprint density at radius 1 is 1.67 bits per heavy atom. The van der Waals surface area contributed by atoms with Crippen molar-refractivity contribution in [2.45, 2.75) is 19.9 Å². The van der Waals surface area contributed by atoms with Gasteiger partial charge >= 0.3 is 0 Å². The predicted molar refractivity (Wildman–Crippen MR) is 28.5 cm³/mol. The highest BCUT2D eigenvalue weighted by Crippen LogP contribution is 1.74. The van der Waals surface area contributed by atoms with Gasteiger partial charge in [-0.2, -0.15) is 0 Å². The van der Waals surface area contributed by atoms with Gasteiger partial charge in [0, 0.05) is 6.04 Å². The molecule has 6 heavy (non-hydrogen) atoms. The van der Waals surface area contributed by atoms with Gasteiger partial charge in [0.1, 0.15) is 0 Å². The van der Waals surface area contributed by atoms with Gasteiger partial charge in [0.15, 0.2) is 0 Å². The molecule has 0 heterocycles. The van der Waals surface area contributed by atoms with E-state index in [1.165, 1.54) is 0 Å². The molecule has 36 valence electrons. The van der Waals surface area contributed by atoms with E-state index in [-0.39, 0.29) is 6.04 Å². The van der Waals surface area contributed by atoms with E-state index in [9.17, 15) is 0 Å². The van der Waals surface area contributed by atoms with Crippen LogP contribution in [0.1, 0.15) is 13.8 Å². The van der Waals surface area contributed by atoms with Crippen LogP contribution >= 0.6 is 0 Å². The molecule has 2 N–H and O–H groups in total. The predicted octanol–water partition coefficient (Wildman–Crippen LogP) is 0.910. The summed E-state index contributed by atoms with van der Waals surface area (Å²) in [6, 6.07) is 0.218. The summed E-state index contributed by atoms with van der Waals surface area (Å²) in [4.78, 5) is 0.